The second kappa shape index (κ2) is 7.88. The fraction of sp³-hybridized carbons (Fsp3) is 0.632. The molecule has 1 aromatic rings. The summed E-state index contributed by atoms with van der Waals surface area (Å²) in [6.07, 6.45) is 6.53. The molecule has 1 fully saturated rings. The first kappa shape index (κ1) is 17.1. The molecule has 2 aliphatic rings. The van der Waals surface area contributed by atoms with E-state index in [1.165, 1.54) is 17.7 Å². The van der Waals surface area contributed by atoms with E-state index in [0.29, 0.717) is 6.54 Å². The Labute approximate surface area is 144 Å². The third kappa shape index (κ3) is 4.01. The van der Waals surface area contributed by atoms with E-state index in [1.807, 2.05) is 0 Å². The van der Waals surface area contributed by atoms with Crippen molar-refractivity contribution in [3.8, 4) is 0 Å². The van der Waals surface area contributed by atoms with Crippen molar-refractivity contribution in [3.05, 3.63) is 29.3 Å². The van der Waals surface area contributed by atoms with Gasteiger partial charge in [0.2, 0.25) is 0 Å². The number of rotatable bonds is 4. The number of carbonyl (C=O) groups is 1. The number of aliphatic hydroxyl groups excluding tert-OH is 1. The number of nitrogens with one attached hydrogen (secondary N) is 2. The molecule has 2 amide bonds. The number of anilines is 1. The zero-order valence-corrected chi connectivity index (χ0v) is 14.6. The maximum absolute atomic E-state index is 12.2. The summed E-state index contributed by atoms with van der Waals surface area (Å²) in [5.74, 6) is 0.198. The summed E-state index contributed by atoms with van der Waals surface area (Å²) < 4.78 is 0. The Kier molecular flexibility index (Phi) is 5.61. The van der Waals surface area contributed by atoms with Gasteiger partial charge in [0, 0.05) is 44.4 Å². The van der Waals surface area contributed by atoms with E-state index < -0.39 is 0 Å². The van der Waals surface area contributed by atoms with Crippen LogP contribution in [0.2, 0.25) is 0 Å². The lowest BCUT2D eigenvalue weighted by atomic mass is 9.85. The number of hydrogen-bond acceptors (Lipinski definition) is 3. The maximum Gasteiger partial charge on any atom is 0.315 e. The lowest BCUT2D eigenvalue weighted by Crippen LogP contribution is -2.47. The first-order chi connectivity index (χ1) is 11.7. The zero-order chi connectivity index (χ0) is 16.9. The number of benzene rings is 1. The number of carbonyl (C=O) groups excluding carboxylic acids is 1. The summed E-state index contributed by atoms with van der Waals surface area (Å²) in [7, 11) is 2.13. The number of hydrogen-bond donors (Lipinski definition) is 3. The fourth-order valence-electron chi connectivity index (χ4n) is 3.97. The number of aryl methyl sites for hydroxylation is 1. The van der Waals surface area contributed by atoms with E-state index in [0.717, 1.165) is 44.2 Å². The summed E-state index contributed by atoms with van der Waals surface area (Å²) in [5, 5.41) is 15.4. The summed E-state index contributed by atoms with van der Waals surface area (Å²) in [4.78, 5) is 14.5. The van der Waals surface area contributed by atoms with Gasteiger partial charge in [0.15, 0.2) is 0 Å². The van der Waals surface area contributed by atoms with Crippen molar-refractivity contribution in [2.75, 3.05) is 25.1 Å². The lowest BCUT2D eigenvalue weighted by molar-refractivity contribution is 0.153. The first-order valence-corrected chi connectivity index (χ1v) is 9.15. The Morgan fingerprint density at radius 1 is 1.29 bits per heavy atom. The number of urea groups is 1. The molecule has 1 aromatic carbocycles. The van der Waals surface area contributed by atoms with E-state index in [9.17, 15) is 9.90 Å². The van der Waals surface area contributed by atoms with Gasteiger partial charge in [-0.3, -0.25) is 0 Å². The van der Waals surface area contributed by atoms with Gasteiger partial charge in [-0.25, -0.2) is 4.79 Å². The van der Waals surface area contributed by atoms with Crippen molar-refractivity contribution in [1.82, 2.24) is 10.6 Å². The molecule has 3 rings (SSSR count). The number of fused-ring (bicyclic) bond motifs is 1. The molecule has 1 saturated carbocycles. The third-order valence-corrected chi connectivity index (χ3v) is 5.41. The van der Waals surface area contributed by atoms with E-state index in [1.54, 1.807) is 0 Å². The van der Waals surface area contributed by atoms with Gasteiger partial charge < -0.3 is 20.6 Å². The summed E-state index contributed by atoms with van der Waals surface area (Å²) in [5.41, 5.74) is 3.82. The largest absolute Gasteiger partial charge is 0.396 e. The molecule has 0 spiro atoms. The molecule has 0 aromatic heterocycles. The lowest BCUT2D eigenvalue weighted by Gasteiger charge is -2.31. The zero-order valence-electron chi connectivity index (χ0n) is 14.6. The van der Waals surface area contributed by atoms with Gasteiger partial charge in [-0.2, -0.15) is 0 Å². The number of amides is 2. The SMILES string of the molecule is CN1CCCc2cc(CNC(=O)NC3CCCCC3CO)ccc21. The molecule has 5 heteroatoms. The first-order valence-electron chi connectivity index (χ1n) is 9.15. The van der Waals surface area contributed by atoms with Crippen LogP contribution in [0.1, 0.15) is 43.2 Å². The van der Waals surface area contributed by atoms with E-state index in [2.05, 4.69) is 40.8 Å². The Bertz CT molecular complexity index is 576. The van der Waals surface area contributed by atoms with Crippen LogP contribution in [-0.4, -0.2) is 37.4 Å². The van der Waals surface area contributed by atoms with Crippen molar-refractivity contribution < 1.29 is 9.90 Å². The van der Waals surface area contributed by atoms with Crippen molar-refractivity contribution in [1.29, 1.82) is 0 Å². The summed E-state index contributed by atoms with van der Waals surface area (Å²) in [6, 6.07) is 6.43. The quantitative estimate of drug-likeness (QED) is 0.794. The minimum Gasteiger partial charge on any atom is -0.396 e. The molecular weight excluding hydrogens is 302 g/mol. The Balaban J connectivity index is 1.53. The topological polar surface area (TPSA) is 64.6 Å². The molecule has 1 aliphatic carbocycles. The van der Waals surface area contributed by atoms with E-state index in [-0.39, 0.29) is 24.6 Å². The highest BCUT2D eigenvalue weighted by molar-refractivity contribution is 5.74. The molecule has 3 N–H and O–H groups in total. The summed E-state index contributed by atoms with van der Waals surface area (Å²) in [6.45, 7) is 1.81. The van der Waals surface area contributed by atoms with Crippen LogP contribution in [0.3, 0.4) is 0 Å². The van der Waals surface area contributed by atoms with Crippen molar-refractivity contribution in [3.63, 3.8) is 0 Å². The van der Waals surface area contributed by atoms with Gasteiger partial charge in [0.05, 0.1) is 0 Å². The molecular formula is C19H29N3O2. The molecule has 24 heavy (non-hydrogen) atoms. The van der Waals surface area contributed by atoms with Crippen LogP contribution >= 0.6 is 0 Å². The van der Waals surface area contributed by atoms with Gasteiger partial charge in [0.25, 0.3) is 0 Å². The van der Waals surface area contributed by atoms with Crippen LogP contribution in [0.25, 0.3) is 0 Å². The second-order valence-corrected chi connectivity index (χ2v) is 7.15. The molecule has 5 nitrogen and oxygen atoms in total. The van der Waals surface area contributed by atoms with Crippen molar-refractivity contribution in [2.24, 2.45) is 5.92 Å². The molecule has 132 valence electrons. The van der Waals surface area contributed by atoms with Crippen LogP contribution in [0.5, 0.6) is 0 Å². The molecule has 0 saturated heterocycles. The molecule has 1 aliphatic heterocycles. The molecule has 1 heterocycles. The highest BCUT2D eigenvalue weighted by atomic mass is 16.3. The van der Waals surface area contributed by atoms with Gasteiger partial charge in [-0.15, -0.1) is 0 Å². The van der Waals surface area contributed by atoms with Crippen LogP contribution < -0.4 is 15.5 Å². The smallest absolute Gasteiger partial charge is 0.315 e. The van der Waals surface area contributed by atoms with E-state index in [4.69, 9.17) is 0 Å². The van der Waals surface area contributed by atoms with Gasteiger partial charge in [-0.1, -0.05) is 25.0 Å². The molecule has 2 atom stereocenters. The normalized spacial score (nSPS) is 23.5. The van der Waals surface area contributed by atoms with Gasteiger partial charge >= 0.3 is 6.03 Å². The average Bonchev–Trinajstić information content (AvgIpc) is 2.60. The van der Waals surface area contributed by atoms with E-state index >= 15 is 0 Å². The summed E-state index contributed by atoms with van der Waals surface area (Å²) >= 11 is 0. The highest BCUT2D eigenvalue weighted by Gasteiger charge is 2.25. The third-order valence-electron chi connectivity index (χ3n) is 5.41. The van der Waals surface area contributed by atoms with Crippen molar-refractivity contribution >= 4 is 11.7 Å². The second-order valence-electron chi connectivity index (χ2n) is 7.15. The molecule has 0 bridgehead atoms. The van der Waals surface area contributed by atoms with Crippen LogP contribution in [-0.2, 0) is 13.0 Å². The highest BCUT2D eigenvalue weighted by Crippen LogP contribution is 2.27. The predicted molar refractivity (Wildman–Crippen MR) is 96.2 cm³/mol. The maximum atomic E-state index is 12.2. The van der Waals surface area contributed by atoms with Gasteiger partial charge in [0.1, 0.15) is 0 Å². The minimum atomic E-state index is -0.129. The van der Waals surface area contributed by atoms with Gasteiger partial charge in [-0.05, 0) is 42.9 Å². The van der Waals surface area contributed by atoms with Crippen LogP contribution in [0.15, 0.2) is 18.2 Å². The Morgan fingerprint density at radius 3 is 2.96 bits per heavy atom. The Morgan fingerprint density at radius 2 is 2.12 bits per heavy atom. The minimum absolute atomic E-state index is 0.0981. The Hall–Kier alpha value is -1.75. The number of aliphatic hydroxyl groups is 1. The van der Waals surface area contributed by atoms with Crippen LogP contribution in [0.4, 0.5) is 10.5 Å². The standard InChI is InChI=1S/C19H29N3O2/c1-22-10-4-6-15-11-14(8-9-18(15)22)12-20-19(24)21-17-7-3-2-5-16(17)13-23/h8-9,11,16-17,23H,2-7,10,12-13H2,1H3,(H2,20,21,24). The molecule has 0 radical (unpaired) electrons. The fourth-order valence-corrected chi connectivity index (χ4v) is 3.97. The number of nitrogens with zero attached hydrogens (tertiary/aromatic N) is 1. The van der Waals surface area contributed by atoms with Crippen LogP contribution in [0, 0.1) is 5.92 Å². The average molecular weight is 331 g/mol. The van der Waals surface area contributed by atoms with Crippen molar-refractivity contribution in [2.45, 2.75) is 51.1 Å². The predicted octanol–water partition coefficient (Wildman–Crippen LogP) is 2.42. The monoisotopic (exact) mass is 331 g/mol. The molecule has 2 unspecified atom stereocenters.